The molecule has 0 spiro atoms. The fourth-order valence-corrected chi connectivity index (χ4v) is 2.72. The molecule has 0 aliphatic carbocycles. The second-order valence-corrected chi connectivity index (χ2v) is 6.59. The van der Waals surface area contributed by atoms with E-state index in [0.717, 1.165) is 16.8 Å². The van der Waals surface area contributed by atoms with Crippen molar-refractivity contribution < 1.29 is 8.42 Å². The minimum absolute atomic E-state index is 0.0592. The zero-order valence-electron chi connectivity index (χ0n) is 11.3. The molecular formula is C14H15N3O2S2. The highest BCUT2D eigenvalue weighted by Crippen LogP contribution is 2.21. The Morgan fingerprint density at radius 1 is 1.14 bits per heavy atom. The predicted molar refractivity (Wildman–Crippen MR) is 88.2 cm³/mol. The highest BCUT2D eigenvalue weighted by Gasteiger charge is 2.08. The van der Waals surface area contributed by atoms with Crippen LogP contribution in [0.1, 0.15) is 11.1 Å². The monoisotopic (exact) mass is 321 g/mol. The van der Waals surface area contributed by atoms with Gasteiger partial charge >= 0.3 is 0 Å². The molecule has 0 fully saturated rings. The molecule has 7 heteroatoms. The van der Waals surface area contributed by atoms with Crippen LogP contribution < -0.4 is 16.2 Å². The molecule has 0 saturated heterocycles. The lowest BCUT2D eigenvalue weighted by atomic mass is 10.1. The quantitative estimate of drug-likeness (QED) is 0.748. The Hall–Kier alpha value is -1.96. The molecule has 5 nitrogen and oxygen atoms in total. The zero-order valence-corrected chi connectivity index (χ0v) is 13.0. The van der Waals surface area contributed by atoms with E-state index in [2.05, 4.69) is 5.32 Å². The molecule has 21 heavy (non-hydrogen) atoms. The van der Waals surface area contributed by atoms with E-state index in [0.29, 0.717) is 10.7 Å². The third-order valence-electron chi connectivity index (χ3n) is 2.94. The lowest BCUT2D eigenvalue weighted by Gasteiger charge is -2.10. The molecule has 2 aromatic rings. The number of nitrogens with one attached hydrogen (secondary N) is 1. The molecule has 5 N–H and O–H groups in total. The first-order valence-electron chi connectivity index (χ1n) is 6.08. The van der Waals surface area contributed by atoms with Crippen molar-refractivity contribution in [3.63, 3.8) is 0 Å². The van der Waals surface area contributed by atoms with Crippen molar-refractivity contribution in [2.24, 2.45) is 10.9 Å². The number of benzene rings is 2. The maximum Gasteiger partial charge on any atom is 0.238 e. The van der Waals surface area contributed by atoms with Crippen LogP contribution in [0, 0.1) is 6.92 Å². The van der Waals surface area contributed by atoms with Gasteiger partial charge in [-0.2, -0.15) is 0 Å². The highest BCUT2D eigenvalue weighted by atomic mass is 32.2. The van der Waals surface area contributed by atoms with Crippen LogP contribution in [0.4, 0.5) is 11.4 Å². The topological polar surface area (TPSA) is 98.2 Å². The van der Waals surface area contributed by atoms with Crippen molar-refractivity contribution in [3.05, 3.63) is 53.6 Å². The maximum atomic E-state index is 11.3. The van der Waals surface area contributed by atoms with Gasteiger partial charge in [-0.1, -0.05) is 18.3 Å². The van der Waals surface area contributed by atoms with E-state index < -0.39 is 10.0 Å². The number of hydrogen-bond donors (Lipinski definition) is 3. The molecule has 110 valence electrons. The molecule has 2 aromatic carbocycles. The smallest absolute Gasteiger partial charge is 0.238 e. The van der Waals surface area contributed by atoms with Gasteiger partial charge in [0.05, 0.1) is 4.90 Å². The Bertz CT molecular complexity index is 802. The SMILES string of the molecule is Cc1cc(Nc2cccc(S(N)(=O)=O)c2)ccc1C(N)=S. The van der Waals surface area contributed by atoms with Gasteiger partial charge in [0.2, 0.25) is 10.0 Å². The second-order valence-electron chi connectivity index (χ2n) is 4.59. The van der Waals surface area contributed by atoms with Gasteiger partial charge in [0.25, 0.3) is 0 Å². The van der Waals surface area contributed by atoms with Gasteiger partial charge in [0.15, 0.2) is 0 Å². The average molecular weight is 321 g/mol. The summed E-state index contributed by atoms with van der Waals surface area (Å²) in [4.78, 5) is 0.402. The van der Waals surface area contributed by atoms with E-state index in [1.54, 1.807) is 12.1 Å². The Morgan fingerprint density at radius 2 is 1.81 bits per heavy atom. The largest absolute Gasteiger partial charge is 0.389 e. The van der Waals surface area contributed by atoms with Gasteiger partial charge in [-0.25, -0.2) is 13.6 Å². The van der Waals surface area contributed by atoms with Crippen LogP contribution in [0.25, 0.3) is 0 Å². The van der Waals surface area contributed by atoms with Crippen LogP contribution in [0.15, 0.2) is 47.4 Å². The second kappa shape index (κ2) is 5.80. The molecular weight excluding hydrogens is 306 g/mol. The summed E-state index contributed by atoms with van der Waals surface area (Å²) in [6, 6.07) is 11.8. The van der Waals surface area contributed by atoms with Gasteiger partial charge < -0.3 is 11.1 Å². The molecule has 0 aromatic heterocycles. The van der Waals surface area contributed by atoms with E-state index in [4.69, 9.17) is 23.1 Å². The first-order chi connectivity index (χ1) is 9.77. The Labute approximate surface area is 129 Å². The van der Waals surface area contributed by atoms with Crippen molar-refractivity contribution in [1.82, 2.24) is 0 Å². The number of anilines is 2. The van der Waals surface area contributed by atoms with Crippen LogP contribution in [0.2, 0.25) is 0 Å². The van der Waals surface area contributed by atoms with E-state index in [1.807, 2.05) is 25.1 Å². The summed E-state index contributed by atoms with van der Waals surface area (Å²) in [5.74, 6) is 0. The first kappa shape index (κ1) is 15.4. The van der Waals surface area contributed by atoms with Crippen molar-refractivity contribution in [1.29, 1.82) is 0 Å². The van der Waals surface area contributed by atoms with Crippen molar-refractivity contribution in [2.75, 3.05) is 5.32 Å². The highest BCUT2D eigenvalue weighted by molar-refractivity contribution is 7.89. The number of thiocarbonyl (C=S) groups is 1. The zero-order chi connectivity index (χ0) is 15.6. The maximum absolute atomic E-state index is 11.3. The fraction of sp³-hybridized carbons (Fsp3) is 0.0714. The Balaban J connectivity index is 2.31. The van der Waals surface area contributed by atoms with E-state index in [1.165, 1.54) is 12.1 Å². The molecule has 0 saturated carbocycles. The molecule has 0 radical (unpaired) electrons. The molecule has 0 aliphatic rings. The van der Waals surface area contributed by atoms with E-state index in [9.17, 15) is 8.42 Å². The molecule has 0 unspecified atom stereocenters. The Morgan fingerprint density at radius 3 is 2.38 bits per heavy atom. The van der Waals surface area contributed by atoms with E-state index in [-0.39, 0.29) is 4.90 Å². The third kappa shape index (κ3) is 3.78. The summed E-state index contributed by atoms with van der Waals surface area (Å²) in [7, 11) is -3.72. The van der Waals surface area contributed by atoms with Crippen LogP contribution >= 0.6 is 12.2 Å². The normalized spacial score (nSPS) is 11.1. The minimum Gasteiger partial charge on any atom is -0.389 e. The summed E-state index contributed by atoms with van der Waals surface area (Å²) in [5, 5.41) is 8.23. The molecule has 2 rings (SSSR count). The molecule has 0 atom stereocenters. The van der Waals surface area contributed by atoms with Crippen molar-refractivity contribution in [2.45, 2.75) is 11.8 Å². The number of primary sulfonamides is 1. The van der Waals surface area contributed by atoms with Gasteiger partial charge in [0.1, 0.15) is 4.99 Å². The number of sulfonamides is 1. The van der Waals surface area contributed by atoms with Gasteiger partial charge in [0, 0.05) is 16.9 Å². The first-order valence-corrected chi connectivity index (χ1v) is 8.03. The summed E-state index contributed by atoms with van der Waals surface area (Å²) in [5.41, 5.74) is 8.80. The fourth-order valence-electron chi connectivity index (χ4n) is 1.94. The minimum atomic E-state index is -3.72. The summed E-state index contributed by atoms with van der Waals surface area (Å²) in [6.45, 7) is 1.90. The summed E-state index contributed by atoms with van der Waals surface area (Å²) >= 11 is 4.96. The van der Waals surface area contributed by atoms with E-state index >= 15 is 0 Å². The average Bonchev–Trinajstić information content (AvgIpc) is 2.37. The molecule has 0 aliphatic heterocycles. The number of nitrogens with two attached hydrogens (primary N) is 2. The van der Waals surface area contributed by atoms with Gasteiger partial charge in [-0.05, 0) is 48.9 Å². The van der Waals surface area contributed by atoms with Crippen LogP contribution in [0.5, 0.6) is 0 Å². The molecule has 0 heterocycles. The molecule has 0 amide bonds. The van der Waals surface area contributed by atoms with Gasteiger partial charge in [-0.3, -0.25) is 0 Å². The lowest BCUT2D eigenvalue weighted by Crippen LogP contribution is -2.12. The summed E-state index contributed by atoms with van der Waals surface area (Å²) < 4.78 is 22.7. The number of hydrogen-bond acceptors (Lipinski definition) is 4. The lowest BCUT2D eigenvalue weighted by molar-refractivity contribution is 0.598. The van der Waals surface area contributed by atoms with Crippen LogP contribution in [-0.4, -0.2) is 13.4 Å². The standard InChI is InChI=1S/C14H15N3O2S2/c1-9-7-11(5-6-13(9)14(15)20)17-10-3-2-4-12(8-10)21(16,18)19/h2-8,17H,1H3,(H2,15,20)(H2,16,18,19). The van der Waals surface area contributed by atoms with Crippen LogP contribution in [-0.2, 0) is 10.0 Å². The van der Waals surface area contributed by atoms with Gasteiger partial charge in [-0.15, -0.1) is 0 Å². The predicted octanol–water partition coefficient (Wildman–Crippen LogP) is 2.02. The van der Waals surface area contributed by atoms with Crippen molar-refractivity contribution >= 4 is 38.6 Å². The number of aryl methyl sites for hydroxylation is 1. The van der Waals surface area contributed by atoms with Crippen molar-refractivity contribution in [3.8, 4) is 0 Å². The Kier molecular flexibility index (Phi) is 4.26. The summed E-state index contributed by atoms with van der Waals surface area (Å²) in [6.07, 6.45) is 0. The number of rotatable bonds is 4. The van der Waals surface area contributed by atoms with Crippen LogP contribution in [0.3, 0.4) is 0 Å². The third-order valence-corrected chi connectivity index (χ3v) is 4.07. The molecule has 0 bridgehead atoms.